The Hall–Kier alpha value is -2.15. The Labute approximate surface area is 123 Å². The number of nitro groups is 1. The van der Waals surface area contributed by atoms with E-state index in [0.717, 1.165) is 5.56 Å². The highest BCUT2D eigenvalue weighted by atomic mass is 16.6. The summed E-state index contributed by atoms with van der Waals surface area (Å²) >= 11 is 0. The highest BCUT2D eigenvalue weighted by molar-refractivity contribution is 5.76. The van der Waals surface area contributed by atoms with E-state index < -0.39 is 4.92 Å². The molecule has 1 aromatic rings. The third-order valence-electron chi connectivity index (χ3n) is 2.75. The van der Waals surface area contributed by atoms with Crippen LogP contribution in [0.1, 0.15) is 25.8 Å². The van der Waals surface area contributed by atoms with E-state index in [1.165, 1.54) is 13.2 Å². The van der Waals surface area contributed by atoms with Gasteiger partial charge in [-0.3, -0.25) is 14.9 Å². The number of hydrogen-bond acceptors (Lipinski definition) is 5. The van der Waals surface area contributed by atoms with Gasteiger partial charge in [0.2, 0.25) is 5.91 Å². The minimum absolute atomic E-state index is 0.0155. The molecule has 1 amide bonds. The molecule has 7 nitrogen and oxygen atoms in total. The number of amides is 1. The van der Waals surface area contributed by atoms with Crippen molar-refractivity contribution >= 4 is 11.6 Å². The SMILES string of the molecule is COc1ccc(CNCCC(=O)NC(C)C)cc1[N+](=O)[O-]. The van der Waals surface area contributed by atoms with E-state index in [-0.39, 0.29) is 23.4 Å². The van der Waals surface area contributed by atoms with E-state index in [4.69, 9.17) is 4.74 Å². The number of benzene rings is 1. The average Bonchev–Trinajstić information content (AvgIpc) is 2.42. The van der Waals surface area contributed by atoms with Gasteiger partial charge in [0.15, 0.2) is 5.75 Å². The van der Waals surface area contributed by atoms with E-state index in [0.29, 0.717) is 19.5 Å². The van der Waals surface area contributed by atoms with Crippen LogP contribution in [0.2, 0.25) is 0 Å². The average molecular weight is 295 g/mol. The van der Waals surface area contributed by atoms with Gasteiger partial charge in [0.05, 0.1) is 12.0 Å². The molecule has 0 aliphatic heterocycles. The monoisotopic (exact) mass is 295 g/mol. The number of nitrogens with zero attached hydrogens (tertiary/aromatic N) is 1. The summed E-state index contributed by atoms with van der Waals surface area (Å²) in [6.45, 7) is 4.78. The Balaban J connectivity index is 2.47. The van der Waals surface area contributed by atoms with Crippen molar-refractivity contribution in [2.45, 2.75) is 32.9 Å². The number of methoxy groups -OCH3 is 1. The lowest BCUT2D eigenvalue weighted by molar-refractivity contribution is -0.385. The molecular weight excluding hydrogens is 274 g/mol. The molecule has 0 spiro atoms. The predicted molar refractivity (Wildman–Crippen MR) is 79.3 cm³/mol. The molecule has 0 aliphatic rings. The normalized spacial score (nSPS) is 10.5. The fourth-order valence-electron chi connectivity index (χ4n) is 1.82. The lowest BCUT2D eigenvalue weighted by atomic mass is 10.2. The van der Waals surface area contributed by atoms with E-state index in [1.54, 1.807) is 12.1 Å². The minimum atomic E-state index is -0.474. The lowest BCUT2D eigenvalue weighted by Gasteiger charge is -2.09. The maximum absolute atomic E-state index is 11.4. The van der Waals surface area contributed by atoms with E-state index in [1.807, 2.05) is 13.8 Å². The molecule has 0 atom stereocenters. The van der Waals surface area contributed by atoms with Crippen LogP contribution in [-0.4, -0.2) is 30.5 Å². The first-order chi connectivity index (χ1) is 9.93. The van der Waals surface area contributed by atoms with Crippen LogP contribution in [0, 0.1) is 10.1 Å². The molecule has 0 fully saturated rings. The fraction of sp³-hybridized carbons (Fsp3) is 0.500. The maximum atomic E-state index is 11.4. The summed E-state index contributed by atoms with van der Waals surface area (Å²) in [6, 6.07) is 4.93. The molecule has 2 N–H and O–H groups in total. The largest absolute Gasteiger partial charge is 0.490 e. The van der Waals surface area contributed by atoms with Crippen LogP contribution in [0.3, 0.4) is 0 Å². The van der Waals surface area contributed by atoms with Crippen LogP contribution in [0.25, 0.3) is 0 Å². The van der Waals surface area contributed by atoms with Gasteiger partial charge in [-0.15, -0.1) is 0 Å². The van der Waals surface area contributed by atoms with Gasteiger partial charge in [-0.25, -0.2) is 0 Å². The Kier molecular flexibility index (Phi) is 6.61. The van der Waals surface area contributed by atoms with Gasteiger partial charge in [-0.1, -0.05) is 6.07 Å². The number of hydrogen-bond donors (Lipinski definition) is 2. The molecular formula is C14H21N3O4. The van der Waals surface area contributed by atoms with Crippen molar-refractivity contribution in [2.24, 2.45) is 0 Å². The van der Waals surface area contributed by atoms with Crippen LogP contribution in [0.5, 0.6) is 5.75 Å². The van der Waals surface area contributed by atoms with Gasteiger partial charge in [-0.2, -0.15) is 0 Å². The van der Waals surface area contributed by atoms with E-state index in [2.05, 4.69) is 10.6 Å². The van der Waals surface area contributed by atoms with Crippen LogP contribution in [0.15, 0.2) is 18.2 Å². The molecule has 0 bridgehead atoms. The first kappa shape index (κ1) is 16.9. The van der Waals surface area contributed by atoms with Crippen LogP contribution in [0.4, 0.5) is 5.69 Å². The molecule has 0 heterocycles. The van der Waals surface area contributed by atoms with Gasteiger partial charge in [0, 0.05) is 31.6 Å². The quantitative estimate of drug-likeness (QED) is 0.432. The van der Waals surface area contributed by atoms with Crippen molar-refractivity contribution in [3.05, 3.63) is 33.9 Å². The number of rotatable bonds is 8. The zero-order valence-corrected chi connectivity index (χ0v) is 12.5. The fourth-order valence-corrected chi connectivity index (χ4v) is 1.82. The van der Waals surface area contributed by atoms with Gasteiger partial charge < -0.3 is 15.4 Å². The van der Waals surface area contributed by atoms with Crippen molar-refractivity contribution in [1.29, 1.82) is 0 Å². The van der Waals surface area contributed by atoms with Crippen molar-refractivity contribution in [1.82, 2.24) is 10.6 Å². The molecule has 116 valence electrons. The summed E-state index contributed by atoms with van der Waals surface area (Å²) in [5.41, 5.74) is 0.709. The van der Waals surface area contributed by atoms with Gasteiger partial charge in [-0.05, 0) is 25.5 Å². The zero-order valence-electron chi connectivity index (χ0n) is 12.5. The summed E-state index contributed by atoms with van der Waals surface area (Å²) in [6.07, 6.45) is 0.371. The highest BCUT2D eigenvalue weighted by Crippen LogP contribution is 2.27. The second kappa shape index (κ2) is 8.21. The number of carbonyl (C=O) groups excluding carboxylic acids is 1. The van der Waals surface area contributed by atoms with Gasteiger partial charge in [0.25, 0.3) is 0 Å². The van der Waals surface area contributed by atoms with Crippen molar-refractivity contribution in [3.63, 3.8) is 0 Å². The molecule has 7 heteroatoms. The first-order valence-corrected chi connectivity index (χ1v) is 6.75. The molecule has 1 rings (SSSR count). The lowest BCUT2D eigenvalue weighted by Crippen LogP contribution is -2.32. The molecule has 0 aliphatic carbocycles. The topological polar surface area (TPSA) is 93.5 Å². The molecule has 0 saturated carbocycles. The zero-order chi connectivity index (χ0) is 15.8. The smallest absolute Gasteiger partial charge is 0.311 e. The molecule has 21 heavy (non-hydrogen) atoms. The van der Waals surface area contributed by atoms with Crippen molar-refractivity contribution < 1.29 is 14.5 Å². The van der Waals surface area contributed by atoms with Gasteiger partial charge >= 0.3 is 5.69 Å². The van der Waals surface area contributed by atoms with Crippen LogP contribution >= 0.6 is 0 Å². The predicted octanol–water partition coefficient (Wildman–Crippen LogP) is 1.61. The summed E-state index contributed by atoms with van der Waals surface area (Å²) < 4.78 is 4.94. The standard InChI is InChI=1S/C14H21N3O4/c1-10(2)16-14(18)6-7-15-9-11-4-5-13(21-3)12(8-11)17(19)20/h4-5,8,10,15H,6-7,9H2,1-3H3,(H,16,18). The highest BCUT2D eigenvalue weighted by Gasteiger charge is 2.14. The Morgan fingerprint density at radius 3 is 2.71 bits per heavy atom. The Morgan fingerprint density at radius 2 is 2.14 bits per heavy atom. The van der Waals surface area contributed by atoms with Crippen molar-refractivity contribution in [2.75, 3.05) is 13.7 Å². The van der Waals surface area contributed by atoms with Crippen LogP contribution < -0.4 is 15.4 Å². The first-order valence-electron chi connectivity index (χ1n) is 6.75. The Bertz CT molecular complexity index is 503. The maximum Gasteiger partial charge on any atom is 0.311 e. The number of nitro benzene ring substituents is 1. The number of ether oxygens (including phenoxy) is 1. The molecule has 0 radical (unpaired) electrons. The van der Waals surface area contributed by atoms with Gasteiger partial charge in [0.1, 0.15) is 0 Å². The summed E-state index contributed by atoms with van der Waals surface area (Å²) in [5.74, 6) is 0.221. The molecule has 1 aromatic carbocycles. The van der Waals surface area contributed by atoms with E-state index >= 15 is 0 Å². The second-order valence-corrected chi connectivity index (χ2v) is 4.91. The minimum Gasteiger partial charge on any atom is -0.490 e. The third kappa shape index (κ3) is 5.78. The third-order valence-corrected chi connectivity index (χ3v) is 2.75. The second-order valence-electron chi connectivity index (χ2n) is 4.91. The van der Waals surface area contributed by atoms with E-state index in [9.17, 15) is 14.9 Å². The number of nitrogens with one attached hydrogen (secondary N) is 2. The Morgan fingerprint density at radius 1 is 1.43 bits per heavy atom. The molecule has 0 unspecified atom stereocenters. The van der Waals surface area contributed by atoms with Crippen LogP contribution in [-0.2, 0) is 11.3 Å². The summed E-state index contributed by atoms with van der Waals surface area (Å²) in [5, 5.41) is 16.8. The molecule has 0 aromatic heterocycles. The summed E-state index contributed by atoms with van der Waals surface area (Å²) in [4.78, 5) is 21.9. The van der Waals surface area contributed by atoms with Crippen molar-refractivity contribution in [3.8, 4) is 5.75 Å². The summed E-state index contributed by atoms with van der Waals surface area (Å²) in [7, 11) is 1.40. The number of carbonyl (C=O) groups is 1. The molecule has 0 saturated heterocycles.